The molecule has 1 aromatic carbocycles. The lowest BCUT2D eigenvalue weighted by atomic mass is 9.86. The Bertz CT molecular complexity index is 1190. The first-order chi connectivity index (χ1) is 15.2. The van der Waals surface area contributed by atoms with Crippen molar-refractivity contribution in [1.82, 2.24) is 14.5 Å². The number of carbonyl (C=O) groups excluding carboxylic acids is 1. The number of amides is 1. The Labute approximate surface area is 197 Å². The summed E-state index contributed by atoms with van der Waals surface area (Å²) in [5.41, 5.74) is 3.83. The molecule has 0 fully saturated rings. The van der Waals surface area contributed by atoms with Crippen molar-refractivity contribution in [3.8, 4) is 0 Å². The second-order valence-corrected chi connectivity index (χ2v) is 11.4. The van der Waals surface area contributed by atoms with E-state index in [1.165, 1.54) is 34.2 Å². The van der Waals surface area contributed by atoms with E-state index in [2.05, 4.69) is 74.1 Å². The van der Waals surface area contributed by atoms with Crippen LogP contribution in [0.4, 0.5) is 5.69 Å². The Balaban J connectivity index is 1.72. The summed E-state index contributed by atoms with van der Waals surface area (Å²) in [6, 6.07) is 8.85. The Morgan fingerprint density at radius 3 is 2.47 bits per heavy atom. The van der Waals surface area contributed by atoms with Crippen molar-refractivity contribution in [2.24, 2.45) is 0 Å². The first kappa shape index (κ1) is 23.0. The second kappa shape index (κ2) is 9.00. The molecule has 2 aromatic heterocycles. The number of fused-ring (bicyclic) bond motifs is 3. The molecule has 1 aliphatic rings. The van der Waals surface area contributed by atoms with Crippen LogP contribution in [-0.2, 0) is 16.8 Å². The van der Waals surface area contributed by atoms with E-state index < -0.39 is 0 Å². The molecule has 8 heteroatoms. The minimum atomic E-state index is -0.0484. The summed E-state index contributed by atoms with van der Waals surface area (Å²) in [4.78, 5) is 32.1. The Kier molecular flexibility index (Phi) is 6.47. The third-order valence-corrected chi connectivity index (χ3v) is 8.45. The van der Waals surface area contributed by atoms with Crippen LogP contribution in [0.25, 0.3) is 10.2 Å². The van der Waals surface area contributed by atoms with Crippen LogP contribution in [0, 0.1) is 0 Å². The van der Waals surface area contributed by atoms with E-state index in [0.29, 0.717) is 28.2 Å². The lowest BCUT2D eigenvalue weighted by Gasteiger charge is -2.31. The molecule has 32 heavy (non-hydrogen) atoms. The van der Waals surface area contributed by atoms with Gasteiger partial charge in [0, 0.05) is 6.54 Å². The van der Waals surface area contributed by atoms with E-state index >= 15 is 0 Å². The standard InChI is InChI=1S/C24H30N4O2S2/c1-6-27(7-2)17(15-8-10-16(11-9-15)24(3,4)5)12-28-14-25-19-20-23(31-13-18(29)26-20)32-21(19)22(28)30/h8-11,14,17H,6-7,12-13H2,1-5H3,(H,26,29). The van der Waals surface area contributed by atoms with Crippen LogP contribution in [0.5, 0.6) is 0 Å². The topological polar surface area (TPSA) is 67.2 Å². The number of anilines is 1. The van der Waals surface area contributed by atoms with Gasteiger partial charge in [-0.2, -0.15) is 0 Å². The molecule has 1 amide bonds. The van der Waals surface area contributed by atoms with E-state index in [-0.39, 0.29) is 22.9 Å². The molecule has 1 N–H and O–H groups in total. The summed E-state index contributed by atoms with van der Waals surface area (Å²) in [6.07, 6.45) is 1.63. The number of nitrogens with one attached hydrogen (secondary N) is 1. The molecular weight excluding hydrogens is 440 g/mol. The zero-order chi connectivity index (χ0) is 23.0. The highest BCUT2D eigenvalue weighted by molar-refractivity contribution is 8.02. The van der Waals surface area contributed by atoms with Crippen molar-refractivity contribution in [1.29, 1.82) is 0 Å². The van der Waals surface area contributed by atoms with Crippen molar-refractivity contribution < 1.29 is 4.79 Å². The fourth-order valence-corrected chi connectivity index (χ4v) is 6.30. The molecule has 170 valence electrons. The van der Waals surface area contributed by atoms with Crippen LogP contribution in [0.15, 0.2) is 39.6 Å². The highest BCUT2D eigenvalue weighted by Crippen LogP contribution is 2.42. The highest BCUT2D eigenvalue weighted by Gasteiger charge is 2.25. The average Bonchev–Trinajstić information content (AvgIpc) is 3.13. The van der Waals surface area contributed by atoms with Gasteiger partial charge in [-0.15, -0.1) is 23.1 Å². The van der Waals surface area contributed by atoms with Crippen molar-refractivity contribution in [2.75, 3.05) is 24.2 Å². The van der Waals surface area contributed by atoms with Crippen molar-refractivity contribution in [3.63, 3.8) is 0 Å². The fourth-order valence-electron chi connectivity index (χ4n) is 4.12. The van der Waals surface area contributed by atoms with Gasteiger partial charge in [0.05, 0.1) is 28.0 Å². The number of thioether (sulfide) groups is 1. The number of benzene rings is 1. The molecular formula is C24H30N4O2S2. The molecule has 1 aliphatic heterocycles. The van der Waals surface area contributed by atoms with E-state index in [0.717, 1.165) is 17.3 Å². The van der Waals surface area contributed by atoms with Crippen molar-refractivity contribution in [2.45, 2.75) is 56.8 Å². The molecule has 4 rings (SSSR count). The number of carbonyl (C=O) groups is 1. The average molecular weight is 471 g/mol. The van der Waals surface area contributed by atoms with E-state index in [4.69, 9.17) is 0 Å². The van der Waals surface area contributed by atoms with Crippen LogP contribution in [0.3, 0.4) is 0 Å². The smallest absolute Gasteiger partial charge is 0.271 e. The van der Waals surface area contributed by atoms with E-state index in [9.17, 15) is 9.59 Å². The third kappa shape index (κ3) is 4.36. The quantitative estimate of drug-likeness (QED) is 0.556. The highest BCUT2D eigenvalue weighted by atomic mass is 32.2. The molecule has 1 atom stereocenters. The number of thiophene rings is 1. The molecule has 0 bridgehead atoms. The molecule has 0 saturated carbocycles. The number of aromatic nitrogens is 2. The fraction of sp³-hybridized carbons (Fsp3) is 0.458. The van der Waals surface area contributed by atoms with Crippen LogP contribution in [-0.4, -0.2) is 39.2 Å². The minimum absolute atomic E-state index is 0.0477. The number of hydrogen-bond acceptors (Lipinski definition) is 6. The van der Waals surface area contributed by atoms with Gasteiger partial charge in [-0.05, 0) is 29.6 Å². The number of likely N-dealkylation sites (N-methyl/N-ethyl adjacent to an activating group) is 1. The lowest BCUT2D eigenvalue weighted by molar-refractivity contribution is -0.113. The number of rotatable bonds is 6. The molecule has 0 spiro atoms. The van der Waals surface area contributed by atoms with Crippen molar-refractivity contribution in [3.05, 3.63) is 52.1 Å². The molecule has 3 aromatic rings. The Morgan fingerprint density at radius 2 is 1.84 bits per heavy atom. The van der Waals surface area contributed by atoms with Gasteiger partial charge in [-0.3, -0.25) is 19.1 Å². The van der Waals surface area contributed by atoms with E-state index in [1.54, 1.807) is 10.9 Å². The molecule has 0 aliphatic carbocycles. The zero-order valence-corrected chi connectivity index (χ0v) is 20.9. The van der Waals surface area contributed by atoms with Gasteiger partial charge in [0.1, 0.15) is 10.2 Å². The molecule has 3 heterocycles. The summed E-state index contributed by atoms with van der Waals surface area (Å²) < 4.78 is 3.28. The van der Waals surface area contributed by atoms with Gasteiger partial charge in [0.15, 0.2) is 0 Å². The van der Waals surface area contributed by atoms with Gasteiger partial charge in [0.25, 0.3) is 5.56 Å². The first-order valence-electron chi connectivity index (χ1n) is 11.0. The van der Waals surface area contributed by atoms with Gasteiger partial charge in [-0.25, -0.2) is 4.98 Å². The number of nitrogens with zero attached hydrogens (tertiary/aromatic N) is 3. The van der Waals surface area contributed by atoms with Crippen LogP contribution in [0.2, 0.25) is 0 Å². The molecule has 1 unspecified atom stereocenters. The SMILES string of the molecule is CCN(CC)C(Cn1cnc2c3c(sc2c1=O)SCC(=O)N3)c1ccc(C(C)(C)C)cc1. The zero-order valence-electron chi connectivity index (χ0n) is 19.3. The normalized spacial score (nSPS) is 15.1. The molecule has 0 saturated heterocycles. The van der Waals surface area contributed by atoms with Gasteiger partial charge >= 0.3 is 0 Å². The summed E-state index contributed by atoms with van der Waals surface area (Å²) >= 11 is 2.90. The summed E-state index contributed by atoms with van der Waals surface area (Å²) in [7, 11) is 0. The van der Waals surface area contributed by atoms with Gasteiger partial charge in [0.2, 0.25) is 5.91 Å². The molecule has 6 nitrogen and oxygen atoms in total. The third-order valence-electron chi connectivity index (χ3n) is 6.02. The molecule has 0 radical (unpaired) electrons. The maximum absolute atomic E-state index is 13.4. The summed E-state index contributed by atoms with van der Waals surface area (Å²) in [6.45, 7) is 13.3. The predicted molar refractivity (Wildman–Crippen MR) is 134 cm³/mol. The Morgan fingerprint density at radius 1 is 1.16 bits per heavy atom. The summed E-state index contributed by atoms with van der Waals surface area (Å²) in [5.74, 6) is 0.330. The monoisotopic (exact) mass is 470 g/mol. The van der Waals surface area contributed by atoms with Gasteiger partial charge in [-0.1, -0.05) is 58.9 Å². The van der Waals surface area contributed by atoms with Crippen LogP contribution >= 0.6 is 23.1 Å². The maximum Gasteiger partial charge on any atom is 0.271 e. The van der Waals surface area contributed by atoms with Crippen LogP contribution in [0.1, 0.15) is 51.8 Å². The second-order valence-electron chi connectivity index (χ2n) is 9.09. The van der Waals surface area contributed by atoms with Crippen LogP contribution < -0.4 is 10.9 Å². The van der Waals surface area contributed by atoms with E-state index in [1.807, 2.05) is 0 Å². The lowest BCUT2D eigenvalue weighted by Crippen LogP contribution is -2.34. The Hall–Kier alpha value is -2.16. The predicted octanol–water partition coefficient (Wildman–Crippen LogP) is 4.88. The van der Waals surface area contributed by atoms with Crippen molar-refractivity contribution >= 4 is 44.9 Å². The minimum Gasteiger partial charge on any atom is -0.322 e. The largest absolute Gasteiger partial charge is 0.322 e. The summed E-state index contributed by atoms with van der Waals surface area (Å²) in [5, 5.41) is 2.88. The first-order valence-corrected chi connectivity index (χ1v) is 12.8. The maximum atomic E-state index is 13.4. The van der Waals surface area contributed by atoms with Gasteiger partial charge < -0.3 is 5.32 Å². The number of hydrogen-bond donors (Lipinski definition) is 1.